The monoisotopic (exact) mass is 1560 g/mol. The van der Waals surface area contributed by atoms with Gasteiger partial charge in [-0.05, 0) is 111 Å². The van der Waals surface area contributed by atoms with Gasteiger partial charge in [0.25, 0.3) is 16.7 Å². The van der Waals surface area contributed by atoms with Crippen LogP contribution in [0.15, 0.2) is 53.6 Å². The Morgan fingerprint density at radius 2 is 0.828 bits per heavy atom. The zero-order valence-electron chi connectivity index (χ0n) is 58.6. The Kier molecular flexibility index (Phi) is 31.5. The van der Waals surface area contributed by atoms with Crippen LogP contribution in [-0.2, 0) is 59.2 Å². The predicted molar refractivity (Wildman–Crippen MR) is 397 cm³/mol. The number of hydrogen-bond donors (Lipinski definition) is 12. The summed E-state index contributed by atoms with van der Waals surface area (Å²) in [5, 5.41) is 78.2. The zero-order chi connectivity index (χ0) is 74.7. The first-order chi connectivity index (χ1) is 45.8. The van der Waals surface area contributed by atoms with E-state index in [0.29, 0.717) is 54.6 Å². The van der Waals surface area contributed by atoms with Crippen LogP contribution in [0.1, 0.15) is 86.7 Å². The van der Waals surface area contributed by atoms with E-state index in [1.165, 1.54) is 42.5 Å². The van der Waals surface area contributed by atoms with Crippen molar-refractivity contribution in [3.63, 3.8) is 0 Å². The van der Waals surface area contributed by atoms with Crippen molar-refractivity contribution in [2.24, 2.45) is 0 Å². The molecule has 4 aromatic heterocycles. The van der Waals surface area contributed by atoms with Gasteiger partial charge in [0.1, 0.15) is 48.2 Å². The molecule has 8 heterocycles. The molecule has 4 aliphatic rings. The first-order valence-electron chi connectivity index (χ1n) is 32.0. The quantitative estimate of drug-likeness (QED) is 0.0199. The number of Topliss-reactive ketones (excluding diaryl/α,β-unsaturated/α-hetero) is 2. The van der Waals surface area contributed by atoms with Crippen molar-refractivity contribution >= 4 is 97.3 Å². The fourth-order valence-corrected chi connectivity index (χ4v) is 15.7. The van der Waals surface area contributed by atoms with Gasteiger partial charge in [0.05, 0.1) is 18.3 Å². The molecule has 0 spiro atoms. The zero-order valence-corrected chi connectivity index (χ0v) is 64.7. The number of ether oxygens (including phenoxy) is 5. The van der Waals surface area contributed by atoms with Crippen LogP contribution >= 0.6 is 39.8 Å². The maximum absolute atomic E-state index is 12.3. The van der Waals surface area contributed by atoms with E-state index in [9.17, 15) is 74.1 Å². The number of nitrogens with zero attached hydrogens (tertiary/aromatic N) is 5. The van der Waals surface area contributed by atoms with Crippen molar-refractivity contribution in [2.45, 2.75) is 164 Å². The summed E-state index contributed by atoms with van der Waals surface area (Å²) < 4.78 is 34.5. The Balaban J connectivity index is 0.000000238. The Morgan fingerprint density at radius 3 is 1.19 bits per heavy atom. The number of rotatable bonds is 25. The summed E-state index contributed by atoms with van der Waals surface area (Å²) in [5.41, 5.74) is -2.09. The predicted octanol–water partition coefficient (Wildman–Crippen LogP) is -1.75. The van der Waals surface area contributed by atoms with Crippen LogP contribution in [0.5, 0.6) is 0 Å². The number of carbonyl (C=O) groups is 2. The van der Waals surface area contributed by atoms with Gasteiger partial charge >= 0.3 is 161 Å². The number of hydrogen-bond acceptors (Lipinski definition) is 24. The number of H-pyrrole nitrogens is 3. The Labute approximate surface area is 589 Å². The number of methoxy groups -OCH3 is 1. The van der Waals surface area contributed by atoms with Gasteiger partial charge in [-0.2, -0.15) is 0 Å². The normalized spacial score (nSPS) is 27.0. The molecule has 8 rings (SSSR count). The van der Waals surface area contributed by atoms with Gasteiger partial charge in [0.2, 0.25) is 0 Å². The summed E-state index contributed by atoms with van der Waals surface area (Å²) in [7, 11) is 4.90. The topological polar surface area (TPSA) is 428 Å². The van der Waals surface area contributed by atoms with Gasteiger partial charge in [0.15, 0.2) is 23.5 Å². The fourth-order valence-electron chi connectivity index (χ4n) is 11.2. The molecule has 4 saturated heterocycles. The Hall–Kier alpha value is -4.16. The molecule has 99 heavy (non-hydrogen) atoms. The number of ketones is 2. The van der Waals surface area contributed by atoms with Crippen molar-refractivity contribution in [2.75, 3.05) is 99.2 Å². The second kappa shape index (κ2) is 36.5. The number of aliphatic hydroxyl groups is 7. The van der Waals surface area contributed by atoms with Crippen LogP contribution in [0.3, 0.4) is 0 Å². The second-order valence-electron chi connectivity index (χ2n) is 28.2. The van der Waals surface area contributed by atoms with Crippen molar-refractivity contribution in [3.8, 4) is 0 Å². The van der Waals surface area contributed by atoms with E-state index < -0.39 is 148 Å². The Morgan fingerprint density at radius 1 is 0.515 bits per heavy atom. The minimum atomic E-state index is -1.32. The van der Waals surface area contributed by atoms with E-state index in [1.807, 2.05) is 0 Å². The molecule has 557 valence electrons. The summed E-state index contributed by atoms with van der Waals surface area (Å²) >= 11 is 7.90. The van der Waals surface area contributed by atoms with Gasteiger partial charge in [0, 0.05) is 61.8 Å². The van der Waals surface area contributed by atoms with Gasteiger partial charge in [-0.15, -0.1) is 39.6 Å². The third-order valence-corrected chi connectivity index (χ3v) is 23.3. The van der Waals surface area contributed by atoms with Gasteiger partial charge in [-0.25, -0.2) is 9.59 Å². The molecule has 12 N–H and O–H groups in total. The third-order valence-electron chi connectivity index (χ3n) is 16.5. The van der Waals surface area contributed by atoms with Crippen LogP contribution < -0.4 is 49.0 Å². The van der Waals surface area contributed by atoms with E-state index in [1.54, 1.807) is 31.1 Å². The van der Waals surface area contributed by atoms with E-state index in [0.717, 1.165) is 29.2 Å². The molecule has 1 radical (unpaired) electrons. The van der Waals surface area contributed by atoms with Gasteiger partial charge in [-0.3, -0.25) is 52.6 Å². The van der Waals surface area contributed by atoms with Crippen LogP contribution in [0.4, 0.5) is 0 Å². The number of aliphatic hydroxyl groups excluding tert-OH is 7. The Bertz CT molecular complexity index is 4100. The molecule has 4 fully saturated rings. The molecule has 36 heteroatoms. The first-order valence-corrected chi connectivity index (χ1v) is 45.5. The molecular formula is C63H103N10O20P4SSe. The third kappa shape index (κ3) is 24.5. The number of nitrogens with one attached hydrogen (secondary N) is 5. The number of aromatic amines is 3. The van der Waals surface area contributed by atoms with Crippen LogP contribution in [0.2, 0.25) is 0 Å². The molecule has 16 atom stereocenters. The summed E-state index contributed by atoms with van der Waals surface area (Å²) in [6, 6.07) is 0. The summed E-state index contributed by atoms with van der Waals surface area (Å²) in [6.07, 6.45) is 13.7. The molecule has 4 aliphatic heterocycles. The van der Waals surface area contributed by atoms with Crippen LogP contribution in [-0.4, -0.2) is 299 Å². The van der Waals surface area contributed by atoms with E-state index in [-0.39, 0.29) is 51.4 Å². The van der Waals surface area contributed by atoms with E-state index >= 15 is 0 Å². The maximum atomic E-state index is 12.3. The molecule has 0 saturated carbocycles. The summed E-state index contributed by atoms with van der Waals surface area (Å²) in [4.78, 5) is 105. The molecule has 4 unspecified atom stereocenters. The molecule has 0 aromatic carbocycles. The van der Waals surface area contributed by atoms with Crippen molar-refractivity contribution in [1.29, 1.82) is 0 Å². The van der Waals surface area contributed by atoms with Crippen LogP contribution in [0, 0.1) is 4.77 Å². The average Bonchev–Trinajstić information content (AvgIpc) is 1.70. The van der Waals surface area contributed by atoms with Crippen molar-refractivity contribution in [1.82, 2.24) is 48.8 Å². The minimum absolute atomic E-state index is 0.0911. The van der Waals surface area contributed by atoms with Gasteiger partial charge in [-0.1, -0.05) is 0 Å². The second-order valence-corrected chi connectivity index (χ2v) is 46.7. The number of carbonyl (C=O) groups excluding carboxylic acids is 2. The summed E-state index contributed by atoms with van der Waals surface area (Å²) in [6.45, 7) is 15.1. The molecule has 4 aromatic rings. The molecule has 0 bridgehead atoms. The van der Waals surface area contributed by atoms with E-state index in [4.69, 9.17) is 35.9 Å². The average molecular weight is 1560 g/mol. The fraction of sp³-hybridized carbons (Fsp3) is 0.651. The van der Waals surface area contributed by atoms with Crippen LogP contribution in [0.25, 0.3) is 0 Å². The van der Waals surface area contributed by atoms with Crippen molar-refractivity contribution in [3.05, 3.63) is 114 Å². The van der Waals surface area contributed by atoms with E-state index in [2.05, 4.69) is 125 Å². The number of aromatic nitrogens is 8. The molecule has 0 aliphatic carbocycles. The van der Waals surface area contributed by atoms with Gasteiger partial charge < -0.3 is 49.8 Å². The first kappa shape index (κ1) is 85.5. The van der Waals surface area contributed by atoms with Crippen molar-refractivity contribution < 1.29 is 69.0 Å². The summed E-state index contributed by atoms with van der Waals surface area (Å²) in [5.74, 6) is -0.431. The molecule has 30 nitrogen and oxygen atoms in total. The SMILES string of the molecule is C=P(C)(C)CC[C@H]1OC(n2cc(CC(C)=O)c(=O)[nH]c2=O)[C@H](O)[C@@H]1O.C=P(C)(C)CC[C@H]1OC(n2cc(CC(C)=O)c(=O)[nH]c2=O)[C@H](OC)[C@@H]1O.C=P(C)(C)CC[C@H]1OC(n2cc(CNC)c(=O)[nH]c2=S)[C@H](O)[C@@H]1O.C=P(C)(C)CC[C@H]1OC(n2cc(CNC)c(=O)nc2[Se])[C@H](O)[C@@H]1O. The molecule has 0 amide bonds. The standard InChI is InChI=1S/C17H27N2O6P.C16H25N2O6P.C15H26N3O4PS.C15H25N3O4PSe/c1-10(20)8-11-9-19(17(23)18-15(11)22)16-14(24-2)13(21)12(25-16)6-7-26(3,4)5;1-9(19)7-10-8-18(16(23)17-14(10)22)15-13(21)12(20)11(24-15)5-6-25(2,3)4;2*1-16-7-9-8-18(15(24)17-13(9)21)14-12(20)11(19)10(22-14)5-6-23(2,3)4/h9,12-14,16,21H,3,6-8H2,1-2,4-5H3,(H,18,22,23);8,11-13,15,20-21H,2,5-7H2,1,3-4H3,(H,17,22,23);8,10-12,14,16,19-20H,2,5-7H2,1,3-4H3,(H,17,21,24);8,10-12,14,16,19-20H,2,5-7H2,1,3-4H3/t12-,13-,14-,16?;11-,12-,13-,15?;2*10-,11-,12-,14?/m1111/s1. The molecular weight excluding hydrogens is 1450 g/mol.